The van der Waals surface area contributed by atoms with Crippen molar-refractivity contribution in [3.8, 4) is 0 Å². The summed E-state index contributed by atoms with van der Waals surface area (Å²) >= 11 is 0. The van der Waals surface area contributed by atoms with Crippen LogP contribution in [0.4, 0.5) is 13.2 Å². The molecule has 1 aliphatic rings. The molecule has 1 saturated heterocycles. The van der Waals surface area contributed by atoms with E-state index in [4.69, 9.17) is 4.42 Å². The first-order valence-electron chi connectivity index (χ1n) is 9.90. The van der Waals surface area contributed by atoms with Gasteiger partial charge in [-0.25, -0.2) is 0 Å². The molecule has 10 heteroatoms. The molecule has 2 heterocycles. The molecule has 0 saturated carbocycles. The monoisotopic (exact) mass is 550 g/mol. The lowest BCUT2D eigenvalue weighted by atomic mass is 10.1. The lowest BCUT2D eigenvalue weighted by molar-refractivity contribution is -0.137. The van der Waals surface area contributed by atoms with E-state index < -0.39 is 11.7 Å². The molecule has 2 aromatic rings. The van der Waals surface area contributed by atoms with E-state index in [-0.39, 0.29) is 29.9 Å². The van der Waals surface area contributed by atoms with Crippen LogP contribution in [0.1, 0.15) is 28.6 Å². The molecule has 31 heavy (non-hydrogen) atoms. The summed E-state index contributed by atoms with van der Waals surface area (Å²) in [5, 5.41) is 3.24. The molecule has 6 nitrogen and oxygen atoms in total. The number of nitrogens with zero attached hydrogens (tertiary/aromatic N) is 3. The van der Waals surface area contributed by atoms with Gasteiger partial charge in [-0.05, 0) is 43.2 Å². The van der Waals surface area contributed by atoms with Crippen LogP contribution < -0.4 is 5.32 Å². The number of hydrogen-bond donors (Lipinski definition) is 1. The van der Waals surface area contributed by atoms with E-state index in [0.717, 1.165) is 23.7 Å². The van der Waals surface area contributed by atoms with Crippen molar-refractivity contribution in [2.45, 2.75) is 19.5 Å². The zero-order valence-corrected chi connectivity index (χ0v) is 19.5. The number of amides is 1. The second-order valence-corrected chi connectivity index (χ2v) is 6.94. The number of hydrogen-bond acceptors (Lipinski definition) is 3. The summed E-state index contributed by atoms with van der Waals surface area (Å²) in [5.74, 6) is 0.957. The third kappa shape index (κ3) is 6.88. The fourth-order valence-corrected chi connectivity index (χ4v) is 3.25. The number of aliphatic imine (C=N–C) groups is 1. The van der Waals surface area contributed by atoms with Gasteiger partial charge < -0.3 is 19.5 Å². The number of rotatable bonds is 5. The molecule has 0 unspecified atom stereocenters. The molecule has 1 aromatic carbocycles. The number of benzene rings is 1. The van der Waals surface area contributed by atoms with Crippen LogP contribution in [-0.4, -0.2) is 60.9 Å². The first kappa shape index (κ1) is 25.0. The predicted molar refractivity (Wildman–Crippen MR) is 123 cm³/mol. The molecule has 1 fully saturated rings. The largest absolute Gasteiger partial charge is 0.459 e. The number of alkyl halides is 3. The number of carbonyl (C=O) groups excluding carboxylic acids is 1. The van der Waals surface area contributed by atoms with Gasteiger partial charge in [0, 0.05) is 39.3 Å². The Morgan fingerprint density at radius 3 is 2.29 bits per heavy atom. The van der Waals surface area contributed by atoms with Crippen LogP contribution in [0.2, 0.25) is 0 Å². The summed E-state index contributed by atoms with van der Waals surface area (Å²) < 4.78 is 43.2. The van der Waals surface area contributed by atoms with Gasteiger partial charge in [0.15, 0.2) is 11.7 Å². The lowest BCUT2D eigenvalue weighted by Crippen LogP contribution is -2.53. The minimum atomic E-state index is -4.32. The van der Waals surface area contributed by atoms with E-state index in [1.807, 2.05) is 6.92 Å². The van der Waals surface area contributed by atoms with Crippen LogP contribution >= 0.6 is 24.0 Å². The van der Waals surface area contributed by atoms with Gasteiger partial charge in [-0.15, -0.1) is 24.0 Å². The highest BCUT2D eigenvalue weighted by molar-refractivity contribution is 14.0. The molecular weight excluding hydrogens is 524 g/mol. The highest BCUT2D eigenvalue weighted by Gasteiger charge is 2.30. The molecule has 1 N–H and O–H groups in total. The van der Waals surface area contributed by atoms with Crippen LogP contribution in [0.5, 0.6) is 0 Å². The molecule has 3 rings (SSSR count). The first-order chi connectivity index (χ1) is 14.4. The second kappa shape index (κ2) is 11.4. The van der Waals surface area contributed by atoms with Crippen molar-refractivity contribution in [3.05, 3.63) is 59.5 Å². The Bertz CT molecular complexity index is 847. The number of guanidine groups is 1. The zero-order valence-electron chi connectivity index (χ0n) is 17.2. The molecule has 0 spiro atoms. The van der Waals surface area contributed by atoms with Gasteiger partial charge in [-0.3, -0.25) is 9.79 Å². The van der Waals surface area contributed by atoms with E-state index in [1.165, 1.54) is 18.4 Å². The summed E-state index contributed by atoms with van der Waals surface area (Å²) in [6.07, 6.45) is -2.30. The SMILES string of the molecule is CCNC(=NCCc1ccc(C(F)(F)F)cc1)N1CCN(C(=O)c2ccco2)CC1.I. The minimum Gasteiger partial charge on any atom is -0.459 e. The molecule has 1 aromatic heterocycles. The standard InChI is InChI=1S/C21H25F3N4O2.HI/c1-2-25-20(26-10-9-16-5-7-17(8-6-16)21(22,23)24)28-13-11-27(12-14-28)19(29)18-4-3-15-30-18;/h3-8,15H,2,9-14H2,1H3,(H,25,26);1H. The Balaban J connectivity index is 0.00000341. The maximum atomic E-state index is 12.7. The molecular formula is C21H26F3IN4O2. The summed E-state index contributed by atoms with van der Waals surface area (Å²) in [5.41, 5.74) is 0.154. The van der Waals surface area contributed by atoms with Gasteiger partial charge in [0.1, 0.15) is 0 Å². The summed E-state index contributed by atoms with van der Waals surface area (Å²) in [4.78, 5) is 20.8. The van der Waals surface area contributed by atoms with Gasteiger partial charge in [-0.1, -0.05) is 12.1 Å². The van der Waals surface area contributed by atoms with Crippen molar-refractivity contribution >= 4 is 35.8 Å². The number of nitrogens with one attached hydrogen (secondary N) is 1. The number of halogens is 4. The van der Waals surface area contributed by atoms with Gasteiger partial charge in [-0.2, -0.15) is 13.2 Å². The predicted octanol–water partition coefficient (Wildman–Crippen LogP) is 3.88. The zero-order chi connectivity index (χ0) is 21.6. The Hall–Kier alpha value is -2.24. The molecule has 0 aliphatic carbocycles. The Labute approximate surface area is 196 Å². The van der Waals surface area contributed by atoms with Crippen LogP contribution in [-0.2, 0) is 12.6 Å². The van der Waals surface area contributed by atoms with Crippen LogP contribution in [0.15, 0.2) is 52.1 Å². The van der Waals surface area contributed by atoms with Gasteiger partial charge >= 0.3 is 6.18 Å². The van der Waals surface area contributed by atoms with Gasteiger partial charge in [0.2, 0.25) is 0 Å². The molecule has 1 aliphatic heterocycles. The molecule has 0 bridgehead atoms. The quantitative estimate of drug-likeness (QED) is 0.349. The average molecular weight is 550 g/mol. The summed E-state index contributed by atoms with van der Waals surface area (Å²) in [6, 6.07) is 8.52. The van der Waals surface area contributed by atoms with Crippen molar-refractivity contribution in [2.24, 2.45) is 4.99 Å². The Morgan fingerprint density at radius 2 is 1.74 bits per heavy atom. The van der Waals surface area contributed by atoms with E-state index in [9.17, 15) is 18.0 Å². The summed E-state index contributed by atoms with van der Waals surface area (Å²) in [7, 11) is 0. The molecule has 1 amide bonds. The topological polar surface area (TPSA) is 61.1 Å². The maximum Gasteiger partial charge on any atom is 0.416 e. The van der Waals surface area contributed by atoms with Crippen molar-refractivity contribution in [3.63, 3.8) is 0 Å². The van der Waals surface area contributed by atoms with Gasteiger partial charge in [0.25, 0.3) is 5.91 Å². The van der Waals surface area contributed by atoms with Crippen LogP contribution in [0, 0.1) is 0 Å². The second-order valence-electron chi connectivity index (χ2n) is 6.94. The lowest BCUT2D eigenvalue weighted by Gasteiger charge is -2.36. The molecule has 170 valence electrons. The third-order valence-corrected chi connectivity index (χ3v) is 4.88. The highest BCUT2D eigenvalue weighted by Crippen LogP contribution is 2.29. The number of piperazine rings is 1. The van der Waals surface area contributed by atoms with Crippen LogP contribution in [0.3, 0.4) is 0 Å². The molecule has 0 atom stereocenters. The van der Waals surface area contributed by atoms with E-state index in [2.05, 4.69) is 15.2 Å². The van der Waals surface area contributed by atoms with E-state index in [0.29, 0.717) is 51.4 Å². The number of furan rings is 1. The Morgan fingerprint density at radius 1 is 1.10 bits per heavy atom. The van der Waals surface area contributed by atoms with Gasteiger partial charge in [0.05, 0.1) is 11.8 Å². The summed E-state index contributed by atoms with van der Waals surface area (Å²) in [6.45, 7) is 5.52. The normalized spacial score (nSPS) is 14.9. The van der Waals surface area contributed by atoms with Crippen LogP contribution in [0.25, 0.3) is 0 Å². The van der Waals surface area contributed by atoms with Crippen molar-refractivity contribution in [1.29, 1.82) is 0 Å². The minimum absolute atomic E-state index is 0. The maximum absolute atomic E-state index is 12.7. The highest BCUT2D eigenvalue weighted by atomic mass is 127. The van der Waals surface area contributed by atoms with Crippen molar-refractivity contribution in [2.75, 3.05) is 39.3 Å². The third-order valence-electron chi connectivity index (χ3n) is 4.88. The molecule has 0 radical (unpaired) electrons. The van der Waals surface area contributed by atoms with Crippen molar-refractivity contribution < 1.29 is 22.4 Å². The fraction of sp³-hybridized carbons (Fsp3) is 0.429. The first-order valence-corrected chi connectivity index (χ1v) is 9.90. The fourth-order valence-electron chi connectivity index (χ4n) is 3.25. The van der Waals surface area contributed by atoms with Crippen molar-refractivity contribution in [1.82, 2.24) is 15.1 Å². The van der Waals surface area contributed by atoms with E-state index in [1.54, 1.807) is 17.0 Å². The van der Waals surface area contributed by atoms with E-state index >= 15 is 0 Å². The average Bonchev–Trinajstić information content (AvgIpc) is 3.27. The number of carbonyl (C=O) groups is 1. The Kier molecular flexibility index (Phi) is 9.20. The smallest absolute Gasteiger partial charge is 0.416 e.